The van der Waals surface area contributed by atoms with E-state index in [1.165, 1.54) is 53.7 Å². The number of carboxylic acid groups (broad SMARTS) is 1. The molecular formula is C29H33NO2S. The fourth-order valence-corrected chi connectivity index (χ4v) is 6.48. The summed E-state index contributed by atoms with van der Waals surface area (Å²) in [5, 5.41) is 10.0. The van der Waals surface area contributed by atoms with Crippen molar-refractivity contribution in [1.29, 1.82) is 0 Å². The summed E-state index contributed by atoms with van der Waals surface area (Å²) in [4.78, 5) is 16.0. The minimum Gasteiger partial charge on any atom is -0.477 e. The third-order valence-electron chi connectivity index (χ3n) is 7.83. The highest BCUT2D eigenvalue weighted by Crippen LogP contribution is 2.48. The fraction of sp³-hybridized carbons (Fsp3) is 0.483. The Morgan fingerprint density at radius 2 is 1.88 bits per heavy atom. The maximum Gasteiger partial charge on any atom is 0.346 e. The summed E-state index contributed by atoms with van der Waals surface area (Å²) in [5.41, 5.74) is 4.94. The van der Waals surface area contributed by atoms with Crippen LogP contribution in [-0.2, 0) is 5.41 Å². The molecule has 1 aromatic heterocycles. The quantitative estimate of drug-likeness (QED) is 0.535. The number of thiophene rings is 1. The summed E-state index contributed by atoms with van der Waals surface area (Å²) in [6.45, 7) is 4.29. The van der Waals surface area contributed by atoms with Crippen LogP contribution in [0.2, 0.25) is 0 Å². The molecule has 0 saturated heterocycles. The van der Waals surface area contributed by atoms with Gasteiger partial charge < -0.3 is 10.0 Å². The lowest BCUT2D eigenvalue weighted by molar-refractivity contribution is 0.0702. The van der Waals surface area contributed by atoms with E-state index in [9.17, 15) is 9.90 Å². The predicted octanol–water partition coefficient (Wildman–Crippen LogP) is 6.45. The lowest BCUT2D eigenvalue weighted by Crippen LogP contribution is -2.31. The number of rotatable bonds is 4. The zero-order valence-electron chi connectivity index (χ0n) is 19.7. The summed E-state index contributed by atoms with van der Waals surface area (Å²) in [6.07, 6.45) is 8.10. The monoisotopic (exact) mass is 459 g/mol. The van der Waals surface area contributed by atoms with Crippen LogP contribution in [0, 0.1) is 23.7 Å². The lowest BCUT2D eigenvalue weighted by atomic mass is 9.75. The minimum absolute atomic E-state index is 0.0500. The van der Waals surface area contributed by atoms with Gasteiger partial charge in [-0.05, 0) is 73.8 Å². The Bertz CT molecular complexity index is 1120. The first-order valence-corrected chi connectivity index (χ1v) is 13.1. The molecule has 172 valence electrons. The number of likely N-dealkylation sites (N-methyl/N-ethyl adjacent to an activating group) is 1. The van der Waals surface area contributed by atoms with E-state index < -0.39 is 5.97 Å². The summed E-state index contributed by atoms with van der Waals surface area (Å²) < 4.78 is 0. The lowest BCUT2D eigenvalue weighted by Gasteiger charge is -2.35. The van der Waals surface area contributed by atoms with Crippen LogP contribution in [-0.4, -0.2) is 36.1 Å². The smallest absolute Gasteiger partial charge is 0.346 e. The molecule has 33 heavy (non-hydrogen) atoms. The van der Waals surface area contributed by atoms with E-state index in [4.69, 9.17) is 0 Å². The van der Waals surface area contributed by atoms with Crippen LogP contribution in [0.5, 0.6) is 0 Å². The van der Waals surface area contributed by atoms with E-state index >= 15 is 0 Å². The van der Waals surface area contributed by atoms with Crippen LogP contribution in [0.4, 0.5) is 0 Å². The highest BCUT2D eigenvalue weighted by molar-refractivity contribution is 7.14. The molecular weight excluding hydrogens is 426 g/mol. The van der Waals surface area contributed by atoms with Gasteiger partial charge in [0.15, 0.2) is 0 Å². The first kappa shape index (κ1) is 22.4. The zero-order chi connectivity index (χ0) is 23.0. The normalized spacial score (nSPS) is 24.8. The van der Waals surface area contributed by atoms with Crippen molar-refractivity contribution in [3.63, 3.8) is 0 Å². The number of aromatic carboxylic acids is 1. The Labute approximate surface area is 201 Å². The minimum atomic E-state index is -0.824. The molecule has 1 aliphatic heterocycles. The van der Waals surface area contributed by atoms with Crippen molar-refractivity contribution >= 4 is 22.9 Å². The largest absolute Gasteiger partial charge is 0.477 e. The Hall–Kier alpha value is -2.35. The average molecular weight is 460 g/mol. The molecule has 0 radical (unpaired) electrons. The molecule has 0 unspecified atom stereocenters. The molecule has 2 aliphatic carbocycles. The molecule has 2 saturated carbocycles. The molecule has 0 amide bonds. The Balaban J connectivity index is 1.51. The van der Waals surface area contributed by atoms with Gasteiger partial charge in [-0.3, -0.25) is 0 Å². The fourth-order valence-electron chi connectivity index (χ4n) is 5.61. The van der Waals surface area contributed by atoms with Gasteiger partial charge in [0.25, 0.3) is 0 Å². The predicted molar refractivity (Wildman–Crippen MR) is 136 cm³/mol. The molecule has 2 heterocycles. The molecule has 5 rings (SSSR count). The third kappa shape index (κ3) is 4.67. The summed E-state index contributed by atoms with van der Waals surface area (Å²) in [6, 6.07) is 12.6. The highest BCUT2D eigenvalue weighted by atomic mass is 32.1. The molecule has 4 heteroatoms. The molecule has 0 spiro atoms. The number of nitrogens with zero attached hydrogens (tertiary/aromatic N) is 1. The number of benzene rings is 1. The molecule has 1 aromatic carbocycles. The van der Waals surface area contributed by atoms with Crippen molar-refractivity contribution in [1.82, 2.24) is 4.90 Å². The van der Waals surface area contributed by atoms with Crippen LogP contribution in [0.15, 0.2) is 42.0 Å². The Morgan fingerprint density at radius 1 is 1.15 bits per heavy atom. The molecule has 1 N–H and O–H groups in total. The molecule has 3 nitrogen and oxygen atoms in total. The van der Waals surface area contributed by atoms with E-state index in [0.717, 1.165) is 48.7 Å². The van der Waals surface area contributed by atoms with Crippen LogP contribution >= 0.6 is 11.3 Å². The second-order valence-corrected chi connectivity index (χ2v) is 11.4. The van der Waals surface area contributed by atoms with Crippen LogP contribution in [0.1, 0.15) is 77.5 Å². The van der Waals surface area contributed by atoms with Gasteiger partial charge in [-0.2, -0.15) is 0 Å². The van der Waals surface area contributed by atoms with Gasteiger partial charge in [0.05, 0.1) is 10.3 Å². The van der Waals surface area contributed by atoms with Gasteiger partial charge in [-0.25, -0.2) is 4.79 Å². The average Bonchev–Trinajstić information content (AvgIpc) is 3.50. The van der Waals surface area contributed by atoms with Crippen molar-refractivity contribution < 1.29 is 9.90 Å². The van der Waals surface area contributed by atoms with Crippen LogP contribution in [0.25, 0.3) is 5.57 Å². The van der Waals surface area contributed by atoms with Crippen molar-refractivity contribution in [2.24, 2.45) is 11.8 Å². The topological polar surface area (TPSA) is 40.5 Å². The molecule has 2 aromatic rings. The standard InChI is InChI=1S/C29H33NO2S/c1-20-8-10-21(11-9-20)26-19-30(2)17-13-24(26)25-18-23(33-27(25)28(31)32)12-14-29(15-16-29)22-6-4-3-5-7-22/h3-7,18,20-21H,8-11,13,15-17,19H2,1-2H3,(H,31,32). The Kier molecular flexibility index (Phi) is 6.20. The second kappa shape index (κ2) is 9.12. The Morgan fingerprint density at radius 3 is 2.55 bits per heavy atom. The first-order valence-electron chi connectivity index (χ1n) is 12.3. The van der Waals surface area contributed by atoms with E-state index in [1.54, 1.807) is 0 Å². The van der Waals surface area contributed by atoms with Gasteiger partial charge in [-0.15, -0.1) is 11.3 Å². The zero-order valence-corrected chi connectivity index (χ0v) is 20.5. The van der Waals surface area contributed by atoms with E-state index in [1.807, 2.05) is 6.07 Å². The molecule has 2 fully saturated rings. The van der Waals surface area contributed by atoms with Crippen LogP contribution in [0.3, 0.4) is 0 Å². The molecule has 0 bridgehead atoms. The van der Waals surface area contributed by atoms with Crippen molar-refractivity contribution in [2.45, 2.75) is 57.3 Å². The van der Waals surface area contributed by atoms with E-state index in [2.05, 4.69) is 61.0 Å². The number of carboxylic acids is 1. The maximum absolute atomic E-state index is 12.2. The maximum atomic E-state index is 12.2. The molecule has 3 aliphatic rings. The van der Waals surface area contributed by atoms with Crippen molar-refractivity contribution in [3.05, 3.63) is 62.9 Å². The summed E-state index contributed by atoms with van der Waals surface area (Å²) >= 11 is 1.35. The first-order chi connectivity index (χ1) is 15.9. The van der Waals surface area contributed by atoms with Crippen molar-refractivity contribution in [2.75, 3.05) is 20.1 Å². The summed E-state index contributed by atoms with van der Waals surface area (Å²) in [5.74, 6) is 7.47. The van der Waals surface area contributed by atoms with Crippen molar-refractivity contribution in [3.8, 4) is 11.8 Å². The van der Waals surface area contributed by atoms with Gasteiger partial charge in [0, 0.05) is 18.7 Å². The molecule has 0 atom stereocenters. The van der Waals surface area contributed by atoms with Gasteiger partial charge in [0.1, 0.15) is 4.88 Å². The van der Waals surface area contributed by atoms with Gasteiger partial charge in [0.2, 0.25) is 0 Å². The number of hydrogen-bond donors (Lipinski definition) is 1. The van der Waals surface area contributed by atoms with E-state index in [-0.39, 0.29) is 5.41 Å². The second-order valence-electron chi connectivity index (χ2n) is 10.3. The van der Waals surface area contributed by atoms with E-state index in [0.29, 0.717) is 10.8 Å². The highest BCUT2D eigenvalue weighted by Gasteiger charge is 2.42. The third-order valence-corrected chi connectivity index (χ3v) is 8.87. The SMILES string of the molecule is CC1CCC(C2=C(c3cc(C#CC4(c5ccccc5)CC4)sc3C(=O)O)CCN(C)C2)CC1. The van der Waals surface area contributed by atoms with Crippen LogP contribution < -0.4 is 0 Å². The number of carbonyl (C=O) groups is 1. The number of hydrogen-bond acceptors (Lipinski definition) is 3. The van der Waals surface area contributed by atoms with Gasteiger partial charge in [-0.1, -0.05) is 61.9 Å². The summed E-state index contributed by atoms with van der Waals surface area (Å²) in [7, 11) is 2.18. The van der Waals surface area contributed by atoms with Gasteiger partial charge >= 0.3 is 5.97 Å².